The summed E-state index contributed by atoms with van der Waals surface area (Å²) in [5.74, 6) is -0.650. The van der Waals surface area contributed by atoms with E-state index in [-0.39, 0.29) is 11.4 Å². The molecule has 0 atom stereocenters. The lowest BCUT2D eigenvalue weighted by molar-refractivity contribution is 0.102. The van der Waals surface area contributed by atoms with Gasteiger partial charge in [-0.15, -0.1) is 0 Å². The lowest BCUT2D eigenvalue weighted by Crippen LogP contribution is -2.12. The Morgan fingerprint density at radius 3 is 2.55 bits per heavy atom. The fraction of sp³-hybridized carbons (Fsp3) is 0.133. The van der Waals surface area contributed by atoms with Crippen molar-refractivity contribution in [2.45, 2.75) is 6.92 Å². The standard InChI is InChI=1S/C15H14FNO3/c1-2-20-12-6-3-10(4-7-12)15(19)17-14-8-5-11(18)9-13(14)16/h3-9,18H,2H2,1H3,(H,17,19). The SMILES string of the molecule is CCOc1ccc(C(=O)Nc2ccc(O)cc2F)cc1. The summed E-state index contributed by atoms with van der Waals surface area (Å²) in [7, 11) is 0. The Morgan fingerprint density at radius 2 is 1.95 bits per heavy atom. The zero-order chi connectivity index (χ0) is 14.5. The molecule has 0 aliphatic heterocycles. The molecule has 0 aliphatic rings. The van der Waals surface area contributed by atoms with Gasteiger partial charge in [0.2, 0.25) is 0 Å². The Hall–Kier alpha value is -2.56. The van der Waals surface area contributed by atoms with Crippen LogP contribution >= 0.6 is 0 Å². The van der Waals surface area contributed by atoms with Gasteiger partial charge in [-0.3, -0.25) is 4.79 Å². The average Bonchev–Trinajstić information content (AvgIpc) is 2.43. The Kier molecular flexibility index (Phi) is 4.20. The number of aromatic hydroxyl groups is 1. The zero-order valence-electron chi connectivity index (χ0n) is 10.9. The van der Waals surface area contributed by atoms with Gasteiger partial charge in [0.1, 0.15) is 17.3 Å². The highest BCUT2D eigenvalue weighted by Gasteiger charge is 2.10. The Balaban J connectivity index is 2.11. The maximum atomic E-state index is 13.5. The second kappa shape index (κ2) is 6.06. The van der Waals surface area contributed by atoms with Crippen LogP contribution in [0.5, 0.6) is 11.5 Å². The Labute approximate surface area is 115 Å². The summed E-state index contributed by atoms with van der Waals surface area (Å²) in [6.45, 7) is 2.42. The Morgan fingerprint density at radius 1 is 1.25 bits per heavy atom. The van der Waals surface area contributed by atoms with E-state index in [9.17, 15) is 9.18 Å². The molecule has 0 fully saturated rings. The molecule has 0 aromatic heterocycles. The van der Waals surface area contributed by atoms with E-state index in [1.165, 1.54) is 12.1 Å². The summed E-state index contributed by atoms with van der Waals surface area (Å²) in [6, 6.07) is 10.1. The average molecular weight is 275 g/mol. The van der Waals surface area contributed by atoms with Crippen molar-refractivity contribution in [2.24, 2.45) is 0 Å². The van der Waals surface area contributed by atoms with Gasteiger partial charge in [-0.1, -0.05) is 0 Å². The normalized spacial score (nSPS) is 10.1. The third-order valence-corrected chi connectivity index (χ3v) is 2.63. The fourth-order valence-electron chi connectivity index (χ4n) is 1.67. The highest BCUT2D eigenvalue weighted by atomic mass is 19.1. The predicted molar refractivity (Wildman–Crippen MR) is 73.6 cm³/mol. The van der Waals surface area contributed by atoms with Gasteiger partial charge in [0.25, 0.3) is 5.91 Å². The molecule has 2 aromatic rings. The number of phenolic OH excluding ortho intramolecular Hbond substituents is 1. The molecule has 0 aliphatic carbocycles. The lowest BCUT2D eigenvalue weighted by Gasteiger charge is -2.08. The summed E-state index contributed by atoms with van der Waals surface area (Å²) in [5, 5.41) is 11.5. The summed E-state index contributed by atoms with van der Waals surface area (Å²) in [4.78, 5) is 11.9. The number of carbonyl (C=O) groups excluding carboxylic acids is 1. The molecule has 0 bridgehead atoms. The second-order valence-corrected chi connectivity index (χ2v) is 4.08. The molecule has 0 saturated heterocycles. The van der Waals surface area contributed by atoms with Gasteiger partial charge in [-0.25, -0.2) is 4.39 Å². The topological polar surface area (TPSA) is 58.6 Å². The van der Waals surface area contributed by atoms with E-state index in [1.54, 1.807) is 24.3 Å². The van der Waals surface area contributed by atoms with Gasteiger partial charge in [0.05, 0.1) is 12.3 Å². The molecule has 1 amide bonds. The van der Waals surface area contributed by atoms with Crippen molar-refractivity contribution in [3.8, 4) is 11.5 Å². The van der Waals surface area contributed by atoms with Crippen molar-refractivity contribution in [3.63, 3.8) is 0 Å². The van der Waals surface area contributed by atoms with Crippen LogP contribution in [0.4, 0.5) is 10.1 Å². The largest absolute Gasteiger partial charge is 0.508 e. The number of halogens is 1. The van der Waals surface area contributed by atoms with E-state index in [1.807, 2.05) is 6.92 Å². The second-order valence-electron chi connectivity index (χ2n) is 4.08. The van der Waals surface area contributed by atoms with Crippen LogP contribution in [0.1, 0.15) is 17.3 Å². The molecule has 0 radical (unpaired) electrons. The number of ether oxygens (including phenoxy) is 1. The van der Waals surface area contributed by atoms with E-state index in [2.05, 4.69) is 5.32 Å². The minimum Gasteiger partial charge on any atom is -0.508 e. The van der Waals surface area contributed by atoms with Gasteiger partial charge < -0.3 is 15.2 Å². The van der Waals surface area contributed by atoms with Crippen LogP contribution in [-0.2, 0) is 0 Å². The maximum absolute atomic E-state index is 13.5. The number of hydrogen-bond donors (Lipinski definition) is 2. The molecule has 0 heterocycles. The predicted octanol–water partition coefficient (Wildman–Crippen LogP) is 3.18. The van der Waals surface area contributed by atoms with Crippen LogP contribution < -0.4 is 10.1 Å². The number of anilines is 1. The first-order valence-electron chi connectivity index (χ1n) is 6.13. The van der Waals surface area contributed by atoms with Gasteiger partial charge >= 0.3 is 0 Å². The van der Waals surface area contributed by atoms with Crippen molar-refractivity contribution >= 4 is 11.6 Å². The number of rotatable bonds is 4. The first-order valence-corrected chi connectivity index (χ1v) is 6.13. The van der Waals surface area contributed by atoms with Crippen LogP contribution in [0.15, 0.2) is 42.5 Å². The molecule has 5 heteroatoms. The smallest absolute Gasteiger partial charge is 0.255 e. The number of benzene rings is 2. The molecule has 0 spiro atoms. The number of amides is 1. The molecular weight excluding hydrogens is 261 g/mol. The quantitative estimate of drug-likeness (QED) is 0.842. The minimum absolute atomic E-state index is 0.0154. The number of hydrogen-bond acceptors (Lipinski definition) is 3. The fourth-order valence-corrected chi connectivity index (χ4v) is 1.67. The molecule has 2 N–H and O–H groups in total. The maximum Gasteiger partial charge on any atom is 0.255 e. The zero-order valence-corrected chi connectivity index (χ0v) is 10.9. The van der Waals surface area contributed by atoms with Crippen LogP contribution in [0.25, 0.3) is 0 Å². The highest BCUT2D eigenvalue weighted by molar-refractivity contribution is 6.04. The van der Waals surface area contributed by atoms with Crippen molar-refractivity contribution in [2.75, 3.05) is 11.9 Å². The first-order chi connectivity index (χ1) is 9.60. The van der Waals surface area contributed by atoms with Gasteiger partial charge in [-0.05, 0) is 43.3 Å². The molecule has 2 rings (SSSR count). The molecular formula is C15H14FNO3. The number of carbonyl (C=O) groups is 1. The molecule has 104 valence electrons. The van der Waals surface area contributed by atoms with E-state index in [4.69, 9.17) is 9.84 Å². The molecule has 20 heavy (non-hydrogen) atoms. The van der Waals surface area contributed by atoms with Crippen LogP contribution in [0.2, 0.25) is 0 Å². The number of phenols is 1. The van der Waals surface area contributed by atoms with Crippen LogP contribution in [0, 0.1) is 5.82 Å². The third kappa shape index (κ3) is 3.26. The lowest BCUT2D eigenvalue weighted by atomic mass is 10.2. The first kappa shape index (κ1) is 13.9. The van der Waals surface area contributed by atoms with Gasteiger partial charge in [-0.2, -0.15) is 0 Å². The highest BCUT2D eigenvalue weighted by Crippen LogP contribution is 2.20. The molecule has 0 unspecified atom stereocenters. The van der Waals surface area contributed by atoms with E-state index >= 15 is 0 Å². The van der Waals surface area contributed by atoms with Crippen molar-refractivity contribution in [1.29, 1.82) is 0 Å². The third-order valence-electron chi connectivity index (χ3n) is 2.63. The summed E-state index contributed by atoms with van der Waals surface area (Å²) < 4.78 is 18.8. The monoisotopic (exact) mass is 275 g/mol. The minimum atomic E-state index is -0.690. The molecule has 4 nitrogen and oxygen atoms in total. The van der Waals surface area contributed by atoms with Crippen molar-refractivity contribution < 1.29 is 19.0 Å². The Bertz CT molecular complexity index is 611. The molecule has 2 aromatic carbocycles. The van der Waals surface area contributed by atoms with Gasteiger partial charge in [0, 0.05) is 11.6 Å². The summed E-state index contributed by atoms with van der Waals surface area (Å²) >= 11 is 0. The van der Waals surface area contributed by atoms with Gasteiger partial charge in [0.15, 0.2) is 0 Å². The van der Waals surface area contributed by atoms with Crippen LogP contribution in [0.3, 0.4) is 0 Å². The van der Waals surface area contributed by atoms with E-state index < -0.39 is 11.7 Å². The summed E-state index contributed by atoms with van der Waals surface area (Å²) in [5.41, 5.74) is 0.405. The molecule has 0 saturated carbocycles. The van der Waals surface area contributed by atoms with E-state index in [0.29, 0.717) is 17.9 Å². The van der Waals surface area contributed by atoms with Crippen molar-refractivity contribution in [1.82, 2.24) is 0 Å². The van der Waals surface area contributed by atoms with Crippen LogP contribution in [-0.4, -0.2) is 17.6 Å². The number of nitrogens with one attached hydrogen (secondary N) is 1. The van der Waals surface area contributed by atoms with Crippen molar-refractivity contribution in [3.05, 3.63) is 53.8 Å². The summed E-state index contributed by atoms with van der Waals surface area (Å²) in [6.07, 6.45) is 0. The van der Waals surface area contributed by atoms with E-state index in [0.717, 1.165) is 6.07 Å².